The molecule has 0 aromatic carbocycles. The van der Waals surface area contributed by atoms with E-state index in [1.807, 2.05) is 0 Å². The zero-order chi connectivity index (χ0) is 5.70. The molecule has 0 aliphatic carbocycles. The zero-order valence-corrected chi connectivity index (χ0v) is 4.89. The van der Waals surface area contributed by atoms with Crippen molar-refractivity contribution >= 4 is 8.46 Å². The van der Waals surface area contributed by atoms with Crippen LogP contribution in [0.5, 0.6) is 0 Å². The Hall–Kier alpha value is 0.0200. The maximum Gasteiger partial charge on any atom is 0.237 e. The molecule has 0 aliphatic rings. The molecule has 0 saturated carbocycles. The highest BCUT2D eigenvalue weighted by Crippen LogP contribution is 2.01. The average Bonchev–Trinajstić information content (AvgIpc) is 1.68. The number of aliphatic hydroxyl groups excluding tert-OH is 1. The topological polar surface area (TPSA) is 46.5 Å². The second-order valence-electron chi connectivity index (χ2n) is 0.887. The first-order valence-corrected chi connectivity index (χ1v) is 2.81. The van der Waals surface area contributed by atoms with E-state index < -0.39 is 6.03 Å². The molecule has 0 aromatic rings. The highest BCUT2D eigenvalue weighted by atomic mass is 31.1. The highest BCUT2D eigenvalue weighted by molar-refractivity contribution is 7.24. The molecule has 4 heteroatoms. The first-order chi connectivity index (χ1) is 3.31. The van der Waals surface area contributed by atoms with Gasteiger partial charge in [0, 0.05) is 6.61 Å². The van der Waals surface area contributed by atoms with Gasteiger partial charge in [0.1, 0.15) is 0 Å². The number of rotatable bonds is 3. The molecular weight excluding hydrogens is 115 g/mol. The van der Waals surface area contributed by atoms with Gasteiger partial charge in [0.05, 0.1) is 0 Å². The van der Waals surface area contributed by atoms with Gasteiger partial charge in [-0.3, -0.25) is 4.57 Å². The Morgan fingerprint density at radius 2 is 2.57 bits per heavy atom. The Morgan fingerprint density at radius 1 is 2.00 bits per heavy atom. The Labute approximate surface area is 43.5 Å². The van der Waals surface area contributed by atoms with E-state index in [4.69, 9.17) is 5.11 Å². The molecule has 1 atom stereocenters. The van der Waals surface area contributed by atoms with E-state index >= 15 is 0 Å². The van der Waals surface area contributed by atoms with Crippen molar-refractivity contribution in [2.45, 2.75) is 13.0 Å². The monoisotopic (exact) mass is 122 g/mol. The summed E-state index contributed by atoms with van der Waals surface area (Å²) in [4.78, 5) is 0. The summed E-state index contributed by atoms with van der Waals surface area (Å²) in [5.41, 5.74) is 0. The van der Waals surface area contributed by atoms with Crippen molar-refractivity contribution in [2.75, 3.05) is 6.61 Å². The van der Waals surface area contributed by atoms with Gasteiger partial charge in [0.15, 0.2) is 0 Å². The maximum atomic E-state index is 9.62. The second kappa shape index (κ2) is 4.19. The Balaban J connectivity index is 2.98. The summed E-state index contributed by atoms with van der Waals surface area (Å²) >= 11 is 0. The number of hydrogen-bond acceptors (Lipinski definition) is 3. The minimum absolute atomic E-state index is 0.373. The fourth-order valence-electron chi connectivity index (χ4n) is 0.180. The lowest BCUT2D eigenvalue weighted by Crippen LogP contribution is -2.01. The molecule has 1 N–H and O–H groups in total. The van der Waals surface area contributed by atoms with Gasteiger partial charge in [0.2, 0.25) is 14.5 Å². The fraction of sp³-hybridized carbons (Fsp3) is 1.00. The SMILES string of the molecule is CCOC(O)P=O. The van der Waals surface area contributed by atoms with Gasteiger partial charge in [-0.1, -0.05) is 0 Å². The van der Waals surface area contributed by atoms with Crippen LogP contribution in [0, 0.1) is 0 Å². The van der Waals surface area contributed by atoms with E-state index in [-0.39, 0.29) is 8.46 Å². The summed E-state index contributed by atoms with van der Waals surface area (Å²) in [6, 6.07) is -1.13. The van der Waals surface area contributed by atoms with Crippen LogP contribution in [0.4, 0.5) is 0 Å². The maximum absolute atomic E-state index is 9.62. The third kappa shape index (κ3) is 3.86. The fourth-order valence-corrected chi connectivity index (χ4v) is 0.389. The predicted molar refractivity (Wildman–Crippen MR) is 25.2 cm³/mol. The smallest absolute Gasteiger partial charge is 0.237 e. The lowest BCUT2D eigenvalue weighted by molar-refractivity contribution is -0.0304. The normalized spacial score (nSPS) is 14.6. The van der Waals surface area contributed by atoms with E-state index in [2.05, 4.69) is 4.74 Å². The Kier molecular flexibility index (Phi) is 4.20. The minimum atomic E-state index is -1.13. The lowest BCUT2D eigenvalue weighted by Gasteiger charge is -1.96. The standard InChI is InChI=1S/C3H7O3P/c1-2-6-3(4)7-5/h3-4H,2H2,1H3. The van der Waals surface area contributed by atoms with Gasteiger partial charge in [-0.25, -0.2) is 0 Å². The van der Waals surface area contributed by atoms with Crippen molar-refractivity contribution in [3.05, 3.63) is 0 Å². The van der Waals surface area contributed by atoms with Gasteiger partial charge in [-0.2, -0.15) is 0 Å². The van der Waals surface area contributed by atoms with Crippen LogP contribution in [0.1, 0.15) is 6.92 Å². The van der Waals surface area contributed by atoms with Gasteiger partial charge >= 0.3 is 0 Å². The highest BCUT2D eigenvalue weighted by Gasteiger charge is 1.96. The van der Waals surface area contributed by atoms with E-state index in [9.17, 15) is 4.57 Å². The molecule has 0 aromatic heterocycles. The number of hydrogen-bond donors (Lipinski definition) is 1. The lowest BCUT2D eigenvalue weighted by atomic mass is 10.9. The molecule has 0 saturated heterocycles. The zero-order valence-electron chi connectivity index (χ0n) is 4.00. The molecule has 0 bridgehead atoms. The predicted octanol–water partition coefficient (Wildman–Crippen LogP) is 0.591. The molecule has 42 valence electrons. The first kappa shape index (κ1) is 7.02. The summed E-state index contributed by atoms with van der Waals surface area (Å²) < 4.78 is 14.0. The summed E-state index contributed by atoms with van der Waals surface area (Å²) in [6.07, 6.45) is 0. The summed E-state index contributed by atoms with van der Waals surface area (Å²) in [5.74, 6) is 0. The molecule has 0 amide bonds. The van der Waals surface area contributed by atoms with Crippen LogP contribution in [0.25, 0.3) is 0 Å². The van der Waals surface area contributed by atoms with E-state index in [1.54, 1.807) is 6.92 Å². The third-order valence-electron chi connectivity index (χ3n) is 0.406. The van der Waals surface area contributed by atoms with Crippen LogP contribution >= 0.6 is 8.46 Å². The summed E-state index contributed by atoms with van der Waals surface area (Å²) in [7, 11) is -0.373. The molecule has 0 rings (SSSR count). The molecule has 0 spiro atoms. The van der Waals surface area contributed by atoms with Crippen molar-refractivity contribution in [3.8, 4) is 0 Å². The van der Waals surface area contributed by atoms with Crippen molar-refractivity contribution < 1.29 is 14.4 Å². The van der Waals surface area contributed by atoms with Crippen LogP contribution in [-0.4, -0.2) is 17.7 Å². The van der Waals surface area contributed by atoms with Crippen molar-refractivity contribution in [1.29, 1.82) is 0 Å². The van der Waals surface area contributed by atoms with E-state index in [0.717, 1.165) is 0 Å². The van der Waals surface area contributed by atoms with Crippen LogP contribution < -0.4 is 0 Å². The third-order valence-corrected chi connectivity index (χ3v) is 0.735. The molecule has 1 unspecified atom stereocenters. The first-order valence-electron chi connectivity index (χ1n) is 1.93. The van der Waals surface area contributed by atoms with Crippen LogP contribution in [0.3, 0.4) is 0 Å². The number of aliphatic hydroxyl groups is 1. The number of ether oxygens (including phenoxy) is 1. The minimum Gasteiger partial charge on any atom is -0.359 e. The van der Waals surface area contributed by atoms with Crippen molar-refractivity contribution in [2.24, 2.45) is 0 Å². The van der Waals surface area contributed by atoms with Crippen LogP contribution in [0.15, 0.2) is 0 Å². The molecule has 3 nitrogen and oxygen atoms in total. The molecule has 7 heavy (non-hydrogen) atoms. The quantitative estimate of drug-likeness (QED) is 0.440. The average molecular weight is 122 g/mol. The van der Waals surface area contributed by atoms with Crippen molar-refractivity contribution in [1.82, 2.24) is 0 Å². The molecule has 0 radical (unpaired) electrons. The molecule has 0 fully saturated rings. The van der Waals surface area contributed by atoms with Gasteiger partial charge in [0.25, 0.3) is 0 Å². The summed E-state index contributed by atoms with van der Waals surface area (Å²) in [6.45, 7) is 2.10. The Bertz CT molecular complexity index is 56.1. The van der Waals surface area contributed by atoms with Gasteiger partial charge in [-0.05, 0) is 6.92 Å². The van der Waals surface area contributed by atoms with Gasteiger partial charge in [-0.15, -0.1) is 0 Å². The van der Waals surface area contributed by atoms with Gasteiger partial charge < -0.3 is 9.84 Å². The van der Waals surface area contributed by atoms with Crippen LogP contribution in [0.2, 0.25) is 0 Å². The van der Waals surface area contributed by atoms with E-state index in [0.29, 0.717) is 6.61 Å². The van der Waals surface area contributed by atoms with Crippen molar-refractivity contribution in [3.63, 3.8) is 0 Å². The largest absolute Gasteiger partial charge is 0.359 e. The Morgan fingerprint density at radius 3 is 2.71 bits per heavy atom. The van der Waals surface area contributed by atoms with Crippen LogP contribution in [-0.2, 0) is 9.30 Å². The molecule has 0 aliphatic heterocycles. The molecule has 0 heterocycles. The second-order valence-corrected chi connectivity index (χ2v) is 1.54. The summed E-state index contributed by atoms with van der Waals surface area (Å²) in [5, 5.41) is 8.31. The molecular formula is C3H7O3P. The van der Waals surface area contributed by atoms with E-state index in [1.165, 1.54) is 0 Å².